The number of carbonyl (C=O) groups excluding carboxylic acids is 1. The Hall–Kier alpha value is -2.77. The molecule has 1 aromatic carbocycles. The highest BCUT2D eigenvalue weighted by molar-refractivity contribution is 5.95. The van der Waals surface area contributed by atoms with Crippen LogP contribution in [0.1, 0.15) is 32.1 Å². The summed E-state index contributed by atoms with van der Waals surface area (Å²) in [6.07, 6.45) is 11.4. The number of nitrogens with zero attached hydrogens (tertiary/aromatic N) is 4. The van der Waals surface area contributed by atoms with Crippen LogP contribution in [0.3, 0.4) is 0 Å². The molecule has 0 bridgehead atoms. The Morgan fingerprint density at radius 3 is 2.72 bits per heavy atom. The van der Waals surface area contributed by atoms with Crippen molar-refractivity contribution in [2.45, 2.75) is 38.1 Å². The van der Waals surface area contributed by atoms with E-state index in [0.717, 1.165) is 60.9 Å². The van der Waals surface area contributed by atoms with Crippen LogP contribution < -0.4 is 10.6 Å². The highest BCUT2D eigenvalue weighted by Gasteiger charge is 2.27. The van der Waals surface area contributed by atoms with Gasteiger partial charge in [-0.3, -0.25) is 9.48 Å². The Morgan fingerprint density at radius 1 is 1.09 bits per heavy atom. The van der Waals surface area contributed by atoms with Gasteiger partial charge in [0.25, 0.3) is 0 Å². The van der Waals surface area contributed by atoms with E-state index in [0.29, 0.717) is 11.9 Å². The average molecular weight is 433 g/mol. The third kappa shape index (κ3) is 4.84. The van der Waals surface area contributed by atoms with Gasteiger partial charge in [-0.25, -0.2) is 4.98 Å². The molecule has 2 aliphatic heterocycles. The summed E-state index contributed by atoms with van der Waals surface area (Å²) in [5, 5.41) is 13.1. The van der Waals surface area contributed by atoms with E-state index in [1.54, 1.807) is 4.68 Å². The molecule has 0 radical (unpaired) electrons. The van der Waals surface area contributed by atoms with E-state index in [4.69, 9.17) is 0 Å². The van der Waals surface area contributed by atoms with Crippen LogP contribution in [0.25, 0.3) is 21.9 Å². The molecule has 2 N–H and O–H groups in total. The molecule has 2 aromatic heterocycles. The molecule has 1 unspecified atom stereocenters. The van der Waals surface area contributed by atoms with Crippen molar-refractivity contribution in [2.75, 3.05) is 31.5 Å². The molecular weight excluding hydrogens is 400 g/mol. The summed E-state index contributed by atoms with van der Waals surface area (Å²) in [6, 6.07) is 8.86. The summed E-state index contributed by atoms with van der Waals surface area (Å²) in [6.45, 7) is 4.25. The fourth-order valence-electron chi connectivity index (χ4n) is 4.96. The summed E-state index contributed by atoms with van der Waals surface area (Å²) in [4.78, 5) is 19.9. The number of pyridine rings is 1. The first-order valence-electron chi connectivity index (χ1n) is 11.8. The first-order valence-corrected chi connectivity index (χ1v) is 11.8. The van der Waals surface area contributed by atoms with Gasteiger partial charge in [-0.15, -0.1) is 0 Å². The van der Waals surface area contributed by atoms with Gasteiger partial charge in [0.15, 0.2) is 0 Å². The van der Waals surface area contributed by atoms with E-state index in [1.165, 1.54) is 19.3 Å². The van der Waals surface area contributed by atoms with Gasteiger partial charge in [0, 0.05) is 48.9 Å². The fraction of sp³-hybridized carbons (Fsp3) is 0.480. The zero-order valence-corrected chi connectivity index (χ0v) is 18.8. The largest absolute Gasteiger partial charge is 0.313 e. The summed E-state index contributed by atoms with van der Waals surface area (Å²) in [5.41, 5.74) is 2.18. The molecular formula is C25H32N6O. The number of aromatic nitrogens is 3. The first-order chi connectivity index (χ1) is 15.6. The lowest BCUT2D eigenvalue weighted by Crippen LogP contribution is -2.47. The minimum absolute atomic E-state index is 0.0600. The molecule has 7 nitrogen and oxygen atoms in total. The monoisotopic (exact) mass is 432 g/mol. The van der Waals surface area contributed by atoms with Crippen molar-refractivity contribution in [1.29, 1.82) is 0 Å². The number of nitrogens with one attached hydrogen (secondary N) is 2. The molecule has 1 amide bonds. The number of carbonyl (C=O) groups is 1. The van der Waals surface area contributed by atoms with Gasteiger partial charge < -0.3 is 15.5 Å². The molecule has 5 rings (SSSR count). The molecule has 2 fully saturated rings. The van der Waals surface area contributed by atoms with E-state index in [9.17, 15) is 4.79 Å². The first kappa shape index (κ1) is 21.1. The zero-order valence-electron chi connectivity index (χ0n) is 18.8. The van der Waals surface area contributed by atoms with Gasteiger partial charge in [0.2, 0.25) is 5.91 Å². The van der Waals surface area contributed by atoms with Crippen molar-refractivity contribution in [3.63, 3.8) is 0 Å². The third-order valence-electron chi connectivity index (χ3n) is 6.86. The number of fused-ring (bicyclic) bond motifs is 1. The second kappa shape index (κ2) is 9.38. The number of hydrogen-bond acceptors (Lipinski definition) is 5. The number of hydrogen-bond donors (Lipinski definition) is 2. The number of rotatable bonds is 5. The van der Waals surface area contributed by atoms with Crippen molar-refractivity contribution in [1.82, 2.24) is 25.0 Å². The van der Waals surface area contributed by atoms with Gasteiger partial charge in [0.05, 0.1) is 6.20 Å². The standard InChI is InChI=1S/C25H32N6O/c1-30-16-22(15-28-30)19-5-6-20-14-27-24(13-21(20)12-19)29-25(32)18-7-10-31(11-8-18)17-23-4-2-3-9-26-23/h5-6,12-16,18,23,26H,2-4,7-11,17H2,1H3,(H,27,29,32). The number of amides is 1. The maximum absolute atomic E-state index is 12.9. The molecule has 4 heterocycles. The summed E-state index contributed by atoms with van der Waals surface area (Å²) in [5.74, 6) is 0.778. The van der Waals surface area contributed by atoms with Gasteiger partial charge in [0.1, 0.15) is 5.82 Å². The van der Waals surface area contributed by atoms with E-state index in [1.807, 2.05) is 31.7 Å². The number of anilines is 1. The van der Waals surface area contributed by atoms with Crippen molar-refractivity contribution >= 4 is 22.5 Å². The van der Waals surface area contributed by atoms with Gasteiger partial charge >= 0.3 is 0 Å². The van der Waals surface area contributed by atoms with Crippen LogP contribution in [-0.4, -0.2) is 57.8 Å². The fourth-order valence-corrected chi connectivity index (χ4v) is 4.96. The van der Waals surface area contributed by atoms with E-state index in [2.05, 4.69) is 43.8 Å². The lowest BCUT2D eigenvalue weighted by Gasteiger charge is -2.35. The molecule has 2 aliphatic rings. The SMILES string of the molecule is Cn1cc(-c2ccc3cnc(NC(=O)C4CCN(CC5CCCCN5)CC4)cc3c2)cn1. The maximum atomic E-state index is 12.9. The van der Waals surface area contributed by atoms with Crippen molar-refractivity contribution in [3.05, 3.63) is 42.9 Å². The second-order valence-electron chi connectivity index (χ2n) is 9.25. The summed E-state index contributed by atoms with van der Waals surface area (Å²) in [7, 11) is 1.92. The lowest BCUT2D eigenvalue weighted by molar-refractivity contribution is -0.121. The zero-order chi connectivity index (χ0) is 21.9. The summed E-state index contributed by atoms with van der Waals surface area (Å²) < 4.78 is 1.80. The van der Waals surface area contributed by atoms with E-state index >= 15 is 0 Å². The highest BCUT2D eigenvalue weighted by Crippen LogP contribution is 2.26. The molecule has 1 atom stereocenters. The van der Waals surface area contributed by atoms with Crippen molar-refractivity contribution < 1.29 is 4.79 Å². The molecule has 168 valence electrons. The smallest absolute Gasteiger partial charge is 0.228 e. The van der Waals surface area contributed by atoms with Crippen LogP contribution in [0, 0.1) is 5.92 Å². The van der Waals surface area contributed by atoms with Crippen LogP contribution >= 0.6 is 0 Å². The van der Waals surface area contributed by atoms with Crippen molar-refractivity contribution in [2.24, 2.45) is 13.0 Å². The number of aryl methyl sites for hydroxylation is 1. The molecule has 0 aliphatic carbocycles. The highest BCUT2D eigenvalue weighted by atomic mass is 16.1. The Morgan fingerprint density at radius 2 is 1.97 bits per heavy atom. The molecule has 32 heavy (non-hydrogen) atoms. The van der Waals surface area contributed by atoms with E-state index < -0.39 is 0 Å². The predicted molar refractivity (Wildman–Crippen MR) is 127 cm³/mol. The van der Waals surface area contributed by atoms with Crippen molar-refractivity contribution in [3.8, 4) is 11.1 Å². The summed E-state index contributed by atoms with van der Waals surface area (Å²) >= 11 is 0. The van der Waals surface area contributed by atoms with Crippen LogP contribution in [0.2, 0.25) is 0 Å². The molecule has 7 heteroatoms. The Balaban J connectivity index is 1.20. The Kier molecular flexibility index (Phi) is 6.19. The second-order valence-corrected chi connectivity index (χ2v) is 9.25. The van der Waals surface area contributed by atoms with Crippen LogP contribution in [-0.2, 0) is 11.8 Å². The minimum Gasteiger partial charge on any atom is -0.313 e. The van der Waals surface area contributed by atoms with Gasteiger partial charge in [-0.05, 0) is 68.4 Å². The Labute approximate surface area is 189 Å². The van der Waals surface area contributed by atoms with Crippen LogP contribution in [0.4, 0.5) is 5.82 Å². The third-order valence-corrected chi connectivity index (χ3v) is 6.86. The minimum atomic E-state index is 0.0600. The van der Waals surface area contributed by atoms with Gasteiger partial charge in [-0.1, -0.05) is 18.6 Å². The molecule has 0 saturated carbocycles. The van der Waals surface area contributed by atoms with Crippen LogP contribution in [0.15, 0.2) is 42.9 Å². The Bertz CT molecular complexity index is 1080. The average Bonchev–Trinajstić information content (AvgIpc) is 3.26. The van der Waals surface area contributed by atoms with Gasteiger partial charge in [-0.2, -0.15) is 5.10 Å². The van der Waals surface area contributed by atoms with Crippen LogP contribution in [0.5, 0.6) is 0 Å². The quantitative estimate of drug-likeness (QED) is 0.646. The molecule has 2 saturated heterocycles. The maximum Gasteiger partial charge on any atom is 0.228 e. The number of benzene rings is 1. The molecule has 0 spiro atoms. The number of piperidine rings is 2. The normalized spacial score (nSPS) is 20.5. The predicted octanol–water partition coefficient (Wildman–Crippen LogP) is 3.43. The van der Waals surface area contributed by atoms with E-state index in [-0.39, 0.29) is 11.8 Å². The number of likely N-dealkylation sites (tertiary alicyclic amines) is 1. The molecule has 3 aromatic rings. The lowest BCUT2D eigenvalue weighted by atomic mass is 9.95. The topological polar surface area (TPSA) is 75.1 Å².